The van der Waals surface area contributed by atoms with Gasteiger partial charge in [-0.2, -0.15) is 0 Å². The summed E-state index contributed by atoms with van der Waals surface area (Å²) >= 11 is 0. The fraction of sp³-hybridized carbons (Fsp3) is 0.500. The summed E-state index contributed by atoms with van der Waals surface area (Å²) in [5.41, 5.74) is 2.27. The van der Waals surface area contributed by atoms with Gasteiger partial charge in [-0.25, -0.2) is 0 Å². The molecule has 0 aromatic heterocycles. The van der Waals surface area contributed by atoms with E-state index in [0.29, 0.717) is 12.4 Å². The van der Waals surface area contributed by atoms with Crippen LogP contribution in [-0.4, -0.2) is 18.2 Å². The van der Waals surface area contributed by atoms with Gasteiger partial charge in [-0.3, -0.25) is 0 Å². The molecule has 0 bridgehead atoms. The number of hydrogen-bond acceptors (Lipinski definition) is 3. The van der Waals surface area contributed by atoms with E-state index in [2.05, 4.69) is 5.32 Å². The minimum atomic E-state index is -0.124. The molecular formula is C12H15NO2. The summed E-state index contributed by atoms with van der Waals surface area (Å²) in [6.07, 6.45) is 2.23. The Morgan fingerprint density at radius 2 is 2.33 bits per heavy atom. The molecule has 3 heteroatoms. The Hall–Kier alpha value is -1.06. The molecule has 1 unspecified atom stereocenters. The van der Waals surface area contributed by atoms with Crippen LogP contribution in [0.1, 0.15) is 24.0 Å². The highest BCUT2D eigenvalue weighted by atomic mass is 16.5. The van der Waals surface area contributed by atoms with Crippen molar-refractivity contribution in [2.24, 2.45) is 0 Å². The van der Waals surface area contributed by atoms with Crippen molar-refractivity contribution in [1.82, 2.24) is 5.32 Å². The zero-order valence-electron chi connectivity index (χ0n) is 8.62. The maximum Gasteiger partial charge on any atom is 0.115 e. The summed E-state index contributed by atoms with van der Waals surface area (Å²) in [5, 5.41) is 12.8. The molecule has 15 heavy (non-hydrogen) atoms. The summed E-state index contributed by atoms with van der Waals surface area (Å²) in [5.74, 6) is 0.332. The van der Waals surface area contributed by atoms with Crippen molar-refractivity contribution in [2.45, 2.75) is 25.0 Å². The van der Waals surface area contributed by atoms with Crippen LogP contribution in [0, 0.1) is 0 Å². The quantitative estimate of drug-likeness (QED) is 0.674. The van der Waals surface area contributed by atoms with Gasteiger partial charge in [-0.15, -0.1) is 0 Å². The Kier molecular flexibility index (Phi) is 1.97. The zero-order valence-corrected chi connectivity index (χ0v) is 8.62. The van der Waals surface area contributed by atoms with E-state index in [4.69, 9.17) is 4.74 Å². The molecule has 1 fully saturated rings. The number of phenolic OH excluding ortho intramolecular Hbond substituents is 1. The molecule has 1 atom stereocenters. The molecular weight excluding hydrogens is 190 g/mol. The van der Waals surface area contributed by atoms with E-state index in [9.17, 15) is 5.11 Å². The number of benzene rings is 1. The lowest BCUT2D eigenvalue weighted by Crippen LogP contribution is -2.43. The van der Waals surface area contributed by atoms with Gasteiger partial charge in [0.15, 0.2) is 0 Å². The van der Waals surface area contributed by atoms with Crippen molar-refractivity contribution in [3.8, 4) is 5.75 Å². The van der Waals surface area contributed by atoms with Crippen LogP contribution in [0.25, 0.3) is 0 Å². The second-order valence-electron chi connectivity index (χ2n) is 4.40. The molecule has 0 saturated carbocycles. The molecule has 3 nitrogen and oxygen atoms in total. The number of nitrogens with one attached hydrogen (secondary N) is 1. The third-order valence-electron chi connectivity index (χ3n) is 3.43. The number of aromatic hydroxyl groups is 1. The lowest BCUT2D eigenvalue weighted by Gasteiger charge is -2.34. The van der Waals surface area contributed by atoms with Crippen molar-refractivity contribution < 1.29 is 9.84 Å². The molecule has 0 amide bonds. The second kappa shape index (κ2) is 3.22. The zero-order chi connectivity index (χ0) is 10.3. The molecule has 0 radical (unpaired) electrons. The van der Waals surface area contributed by atoms with Crippen LogP contribution in [0.2, 0.25) is 0 Å². The second-order valence-corrected chi connectivity index (χ2v) is 4.40. The average Bonchev–Trinajstić information content (AvgIpc) is 2.58. The van der Waals surface area contributed by atoms with Crippen LogP contribution >= 0.6 is 0 Å². The average molecular weight is 205 g/mol. The van der Waals surface area contributed by atoms with Crippen molar-refractivity contribution >= 4 is 0 Å². The molecule has 3 rings (SSSR count). The highest BCUT2D eigenvalue weighted by Gasteiger charge is 2.40. The number of piperidine rings is 1. The first-order valence-electron chi connectivity index (χ1n) is 5.47. The van der Waals surface area contributed by atoms with Gasteiger partial charge in [0.25, 0.3) is 0 Å². The fourth-order valence-electron chi connectivity index (χ4n) is 2.67. The Balaban J connectivity index is 2.03. The number of phenols is 1. The molecule has 2 N–H and O–H groups in total. The highest BCUT2D eigenvalue weighted by molar-refractivity contribution is 5.41. The monoisotopic (exact) mass is 205 g/mol. The predicted octanol–water partition coefficient (Wildman–Crippen LogP) is 1.50. The summed E-state index contributed by atoms with van der Waals surface area (Å²) < 4.78 is 5.93. The summed E-state index contributed by atoms with van der Waals surface area (Å²) in [7, 11) is 0. The first-order chi connectivity index (χ1) is 7.30. The van der Waals surface area contributed by atoms with Gasteiger partial charge < -0.3 is 15.2 Å². The number of fused-ring (bicyclic) bond motifs is 2. The molecule has 1 aromatic rings. The van der Waals surface area contributed by atoms with Gasteiger partial charge in [0.1, 0.15) is 11.4 Å². The minimum Gasteiger partial charge on any atom is -0.508 e. The normalized spacial score (nSPS) is 29.3. The highest BCUT2D eigenvalue weighted by Crippen LogP contribution is 2.41. The van der Waals surface area contributed by atoms with Crippen LogP contribution in [0.5, 0.6) is 5.75 Å². The van der Waals surface area contributed by atoms with E-state index < -0.39 is 0 Å². The van der Waals surface area contributed by atoms with Crippen molar-refractivity contribution in [3.05, 3.63) is 29.3 Å². The lowest BCUT2D eigenvalue weighted by molar-refractivity contribution is -0.0536. The molecule has 80 valence electrons. The number of rotatable bonds is 0. The Morgan fingerprint density at radius 1 is 1.40 bits per heavy atom. The summed E-state index contributed by atoms with van der Waals surface area (Å²) in [6, 6.07) is 5.58. The molecule has 0 aliphatic carbocycles. The maximum absolute atomic E-state index is 9.41. The first-order valence-corrected chi connectivity index (χ1v) is 5.47. The maximum atomic E-state index is 9.41. The van der Waals surface area contributed by atoms with Crippen molar-refractivity contribution in [3.63, 3.8) is 0 Å². The Bertz CT molecular complexity index is 383. The smallest absolute Gasteiger partial charge is 0.115 e. The van der Waals surface area contributed by atoms with E-state index in [-0.39, 0.29) is 5.60 Å². The predicted molar refractivity (Wildman–Crippen MR) is 56.7 cm³/mol. The van der Waals surface area contributed by atoms with E-state index in [1.54, 1.807) is 6.07 Å². The summed E-state index contributed by atoms with van der Waals surface area (Å²) in [4.78, 5) is 0. The largest absolute Gasteiger partial charge is 0.508 e. The molecule has 1 aromatic carbocycles. The van der Waals surface area contributed by atoms with Gasteiger partial charge in [-0.1, -0.05) is 6.07 Å². The Labute approximate surface area is 89.1 Å². The van der Waals surface area contributed by atoms with Gasteiger partial charge in [0, 0.05) is 6.54 Å². The molecule has 1 spiro atoms. The van der Waals surface area contributed by atoms with Gasteiger partial charge in [-0.05, 0) is 42.6 Å². The molecule has 2 aliphatic rings. The van der Waals surface area contributed by atoms with E-state index in [1.165, 1.54) is 5.56 Å². The Morgan fingerprint density at radius 3 is 3.13 bits per heavy atom. The van der Waals surface area contributed by atoms with Gasteiger partial charge in [0.05, 0.1) is 6.61 Å². The van der Waals surface area contributed by atoms with Crippen molar-refractivity contribution in [2.75, 3.05) is 13.1 Å². The summed E-state index contributed by atoms with van der Waals surface area (Å²) in [6.45, 7) is 2.61. The van der Waals surface area contributed by atoms with Crippen LogP contribution in [-0.2, 0) is 16.9 Å². The van der Waals surface area contributed by atoms with E-state index in [0.717, 1.165) is 31.5 Å². The fourth-order valence-corrected chi connectivity index (χ4v) is 2.67. The number of ether oxygens (including phenoxy) is 1. The van der Waals surface area contributed by atoms with Crippen LogP contribution in [0.3, 0.4) is 0 Å². The van der Waals surface area contributed by atoms with Gasteiger partial charge in [0.2, 0.25) is 0 Å². The van der Waals surface area contributed by atoms with Crippen molar-refractivity contribution in [1.29, 1.82) is 0 Å². The van der Waals surface area contributed by atoms with Crippen LogP contribution in [0.4, 0.5) is 0 Å². The minimum absolute atomic E-state index is 0.124. The van der Waals surface area contributed by atoms with Crippen LogP contribution in [0.15, 0.2) is 18.2 Å². The third kappa shape index (κ3) is 1.34. The van der Waals surface area contributed by atoms with E-state index in [1.807, 2.05) is 12.1 Å². The van der Waals surface area contributed by atoms with E-state index >= 15 is 0 Å². The molecule has 1 saturated heterocycles. The first kappa shape index (κ1) is 9.19. The molecule has 2 aliphatic heterocycles. The molecule has 2 heterocycles. The topological polar surface area (TPSA) is 41.5 Å². The lowest BCUT2D eigenvalue weighted by atomic mass is 9.86. The standard InChI is InChI=1S/C12H15NO2/c14-10-2-3-11-9(6-10)7-15-12(11)4-1-5-13-8-12/h2-3,6,13-14H,1,4-5,7-8H2. The van der Waals surface area contributed by atoms with Gasteiger partial charge >= 0.3 is 0 Å². The number of hydrogen-bond donors (Lipinski definition) is 2. The third-order valence-corrected chi connectivity index (χ3v) is 3.43. The SMILES string of the molecule is Oc1ccc2c(c1)COC21CCCNC1. The van der Waals surface area contributed by atoms with Crippen LogP contribution < -0.4 is 5.32 Å².